The SMILES string of the molecule is O=C(/C=C/c1ccccc1)Oc1ccc(Br)cc1/C=N\NC(=O)c1ccccc1Br. The van der Waals surface area contributed by atoms with Gasteiger partial charge in [-0.05, 0) is 57.9 Å². The molecule has 0 aliphatic heterocycles. The van der Waals surface area contributed by atoms with Gasteiger partial charge in [-0.1, -0.05) is 58.4 Å². The fourth-order valence-corrected chi connectivity index (χ4v) is 3.29. The molecule has 0 aliphatic carbocycles. The molecule has 30 heavy (non-hydrogen) atoms. The minimum absolute atomic E-state index is 0.319. The van der Waals surface area contributed by atoms with E-state index in [9.17, 15) is 9.59 Å². The van der Waals surface area contributed by atoms with Crippen LogP contribution in [-0.2, 0) is 4.79 Å². The van der Waals surface area contributed by atoms with Crippen molar-refractivity contribution in [1.82, 2.24) is 5.43 Å². The van der Waals surface area contributed by atoms with E-state index < -0.39 is 5.97 Å². The molecule has 0 heterocycles. The van der Waals surface area contributed by atoms with Crippen molar-refractivity contribution in [3.05, 3.63) is 105 Å². The molecule has 0 aliphatic rings. The summed E-state index contributed by atoms with van der Waals surface area (Å²) in [6, 6.07) is 21.6. The zero-order valence-corrected chi connectivity index (χ0v) is 18.8. The zero-order chi connectivity index (χ0) is 21.3. The van der Waals surface area contributed by atoms with Crippen molar-refractivity contribution in [3.63, 3.8) is 0 Å². The first-order valence-electron chi connectivity index (χ1n) is 8.85. The molecule has 0 aromatic heterocycles. The van der Waals surface area contributed by atoms with Crippen molar-refractivity contribution >= 4 is 56.0 Å². The van der Waals surface area contributed by atoms with E-state index >= 15 is 0 Å². The third-order valence-electron chi connectivity index (χ3n) is 3.88. The summed E-state index contributed by atoms with van der Waals surface area (Å²) in [6.07, 6.45) is 4.45. The Kier molecular flexibility index (Phi) is 7.70. The molecule has 1 N–H and O–H groups in total. The Balaban J connectivity index is 1.69. The highest BCUT2D eigenvalue weighted by Crippen LogP contribution is 2.22. The summed E-state index contributed by atoms with van der Waals surface area (Å²) < 4.78 is 6.87. The molecule has 3 rings (SSSR count). The number of rotatable bonds is 6. The van der Waals surface area contributed by atoms with E-state index in [4.69, 9.17) is 4.74 Å². The number of amides is 1. The van der Waals surface area contributed by atoms with Crippen LogP contribution in [0.1, 0.15) is 21.5 Å². The maximum absolute atomic E-state index is 12.2. The molecule has 0 saturated heterocycles. The second-order valence-corrected chi connectivity index (χ2v) is 7.80. The van der Waals surface area contributed by atoms with Gasteiger partial charge < -0.3 is 4.74 Å². The fourth-order valence-electron chi connectivity index (χ4n) is 2.45. The Labute approximate surface area is 190 Å². The second kappa shape index (κ2) is 10.7. The van der Waals surface area contributed by atoms with Gasteiger partial charge in [-0.15, -0.1) is 0 Å². The van der Waals surface area contributed by atoms with Gasteiger partial charge in [0.2, 0.25) is 0 Å². The summed E-state index contributed by atoms with van der Waals surface area (Å²) in [7, 11) is 0. The number of hydrazone groups is 1. The van der Waals surface area contributed by atoms with Crippen LogP contribution in [0, 0.1) is 0 Å². The number of nitrogens with one attached hydrogen (secondary N) is 1. The van der Waals surface area contributed by atoms with E-state index in [1.165, 1.54) is 12.3 Å². The van der Waals surface area contributed by atoms with Crippen molar-refractivity contribution in [2.75, 3.05) is 0 Å². The van der Waals surface area contributed by atoms with E-state index in [0.29, 0.717) is 21.3 Å². The first-order valence-corrected chi connectivity index (χ1v) is 10.4. The average molecular weight is 528 g/mol. The lowest BCUT2D eigenvalue weighted by Gasteiger charge is -2.06. The third kappa shape index (κ3) is 6.23. The molecule has 7 heteroatoms. The molecule has 3 aromatic carbocycles. The van der Waals surface area contributed by atoms with Gasteiger partial charge in [-0.2, -0.15) is 5.10 Å². The summed E-state index contributed by atoms with van der Waals surface area (Å²) in [6.45, 7) is 0. The summed E-state index contributed by atoms with van der Waals surface area (Å²) in [5, 5.41) is 3.99. The van der Waals surface area contributed by atoms with Crippen LogP contribution in [-0.4, -0.2) is 18.1 Å². The van der Waals surface area contributed by atoms with E-state index in [1.54, 1.807) is 42.5 Å². The first-order chi connectivity index (χ1) is 14.5. The minimum atomic E-state index is -0.520. The summed E-state index contributed by atoms with van der Waals surface area (Å²) in [4.78, 5) is 24.4. The van der Waals surface area contributed by atoms with Crippen molar-refractivity contribution in [3.8, 4) is 5.75 Å². The highest BCUT2D eigenvalue weighted by molar-refractivity contribution is 9.10. The lowest BCUT2D eigenvalue weighted by molar-refractivity contribution is -0.128. The van der Waals surface area contributed by atoms with Gasteiger partial charge in [0.1, 0.15) is 5.75 Å². The van der Waals surface area contributed by atoms with Gasteiger partial charge in [0, 0.05) is 20.6 Å². The number of benzene rings is 3. The number of halogens is 2. The third-order valence-corrected chi connectivity index (χ3v) is 5.07. The monoisotopic (exact) mass is 526 g/mol. The lowest BCUT2D eigenvalue weighted by atomic mass is 10.2. The zero-order valence-electron chi connectivity index (χ0n) is 15.6. The largest absolute Gasteiger partial charge is 0.423 e. The number of carbonyl (C=O) groups excluding carboxylic acids is 2. The molecule has 0 radical (unpaired) electrons. The molecular weight excluding hydrogens is 512 g/mol. The first kappa shape index (κ1) is 21.7. The molecule has 5 nitrogen and oxygen atoms in total. The summed E-state index contributed by atoms with van der Waals surface area (Å²) in [5.41, 5.74) is 4.34. The van der Waals surface area contributed by atoms with Crippen LogP contribution in [0.5, 0.6) is 5.75 Å². The Morgan fingerprint density at radius 3 is 2.43 bits per heavy atom. The molecule has 0 fully saturated rings. The van der Waals surface area contributed by atoms with Crippen LogP contribution in [0.3, 0.4) is 0 Å². The molecule has 0 saturated carbocycles. The maximum atomic E-state index is 12.2. The number of hydrogen-bond acceptors (Lipinski definition) is 4. The Hall–Kier alpha value is -3.03. The van der Waals surface area contributed by atoms with Gasteiger partial charge >= 0.3 is 5.97 Å². The van der Waals surface area contributed by atoms with Crippen molar-refractivity contribution in [2.45, 2.75) is 0 Å². The van der Waals surface area contributed by atoms with Crippen LogP contribution < -0.4 is 10.2 Å². The van der Waals surface area contributed by atoms with Gasteiger partial charge in [0.05, 0.1) is 11.8 Å². The van der Waals surface area contributed by atoms with Crippen LogP contribution in [0.4, 0.5) is 0 Å². The molecular formula is C23H16Br2N2O3. The van der Waals surface area contributed by atoms with Gasteiger partial charge in [0.25, 0.3) is 5.91 Å². The van der Waals surface area contributed by atoms with Crippen LogP contribution in [0.15, 0.2) is 92.9 Å². The molecule has 1 amide bonds. The number of nitrogens with zero attached hydrogens (tertiary/aromatic N) is 1. The highest BCUT2D eigenvalue weighted by atomic mass is 79.9. The Morgan fingerprint density at radius 1 is 0.933 bits per heavy atom. The molecule has 150 valence electrons. The highest BCUT2D eigenvalue weighted by Gasteiger charge is 2.09. The van der Waals surface area contributed by atoms with Crippen molar-refractivity contribution in [1.29, 1.82) is 0 Å². The lowest BCUT2D eigenvalue weighted by Crippen LogP contribution is -2.18. The molecule has 0 atom stereocenters. The fraction of sp³-hybridized carbons (Fsp3) is 0. The standard InChI is InChI=1S/C23H16Br2N2O3/c24-18-11-12-21(30-22(28)13-10-16-6-2-1-3-7-16)17(14-18)15-26-27-23(29)19-8-4-5-9-20(19)25/h1-15H,(H,27,29)/b13-10+,26-15-. The predicted octanol–water partition coefficient (Wildman–Crippen LogP) is 5.59. The van der Waals surface area contributed by atoms with E-state index in [-0.39, 0.29) is 5.91 Å². The van der Waals surface area contributed by atoms with E-state index in [0.717, 1.165) is 10.0 Å². The van der Waals surface area contributed by atoms with Gasteiger partial charge in [0.15, 0.2) is 0 Å². The Bertz CT molecular complexity index is 1110. The normalized spacial score (nSPS) is 11.0. The Morgan fingerprint density at radius 2 is 1.67 bits per heavy atom. The van der Waals surface area contributed by atoms with E-state index in [2.05, 4.69) is 42.4 Å². The van der Waals surface area contributed by atoms with E-state index in [1.807, 2.05) is 36.4 Å². The average Bonchev–Trinajstić information content (AvgIpc) is 2.75. The second-order valence-electron chi connectivity index (χ2n) is 6.03. The molecule has 0 unspecified atom stereocenters. The number of carbonyl (C=O) groups is 2. The van der Waals surface area contributed by atoms with Gasteiger partial charge in [-0.25, -0.2) is 10.2 Å². The summed E-state index contributed by atoms with van der Waals surface area (Å²) in [5.74, 6) is -0.564. The molecule has 0 spiro atoms. The quantitative estimate of drug-likeness (QED) is 0.149. The summed E-state index contributed by atoms with van der Waals surface area (Å²) >= 11 is 6.71. The molecule has 0 bridgehead atoms. The van der Waals surface area contributed by atoms with Crippen molar-refractivity contribution < 1.29 is 14.3 Å². The minimum Gasteiger partial charge on any atom is -0.423 e. The van der Waals surface area contributed by atoms with Crippen LogP contribution in [0.25, 0.3) is 6.08 Å². The van der Waals surface area contributed by atoms with Crippen molar-refractivity contribution in [2.24, 2.45) is 5.10 Å². The topological polar surface area (TPSA) is 67.8 Å². The molecule has 3 aromatic rings. The number of ether oxygens (including phenoxy) is 1. The number of esters is 1. The number of hydrogen-bond donors (Lipinski definition) is 1. The van der Waals surface area contributed by atoms with Crippen LogP contribution in [0.2, 0.25) is 0 Å². The van der Waals surface area contributed by atoms with Gasteiger partial charge in [-0.3, -0.25) is 4.79 Å². The van der Waals surface area contributed by atoms with Crippen LogP contribution >= 0.6 is 31.9 Å². The maximum Gasteiger partial charge on any atom is 0.336 e. The predicted molar refractivity (Wildman–Crippen MR) is 124 cm³/mol. The smallest absolute Gasteiger partial charge is 0.336 e.